The van der Waals surface area contributed by atoms with Gasteiger partial charge in [-0.25, -0.2) is 0 Å². The van der Waals surface area contributed by atoms with Crippen LogP contribution >= 0.6 is 32.9 Å². The largest absolute Gasteiger partial charge is 0.508 e. The lowest BCUT2D eigenvalue weighted by molar-refractivity contribution is 0.247. The predicted octanol–water partition coefficient (Wildman–Crippen LogP) is 6.58. The van der Waals surface area contributed by atoms with E-state index in [2.05, 4.69) is 53.1 Å². The summed E-state index contributed by atoms with van der Waals surface area (Å²) in [6.07, 6.45) is 3.38. The summed E-state index contributed by atoms with van der Waals surface area (Å²) in [5, 5.41) is 10.5. The van der Waals surface area contributed by atoms with Crippen molar-refractivity contribution in [1.82, 2.24) is 4.90 Å². The molecular formula is C24H28N2OS3. The molecule has 0 atom stereocenters. The van der Waals surface area contributed by atoms with Gasteiger partial charge in [0.15, 0.2) is 0 Å². The number of phenols is 1. The van der Waals surface area contributed by atoms with Crippen LogP contribution in [0, 0.1) is 3.82 Å². The van der Waals surface area contributed by atoms with Crippen molar-refractivity contribution in [2.24, 2.45) is 0 Å². The van der Waals surface area contributed by atoms with E-state index in [1.807, 2.05) is 12.1 Å². The summed E-state index contributed by atoms with van der Waals surface area (Å²) in [5.41, 5.74) is 4.80. The summed E-state index contributed by atoms with van der Waals surface area (Å²) < 4.78 is 1.02. The average molecular weight is 457 g/mol. The molecule has 158 valence electrons. The first-order chi connectivity index (χ1) is 14.7. The minimum Gasteiger partial charge on any atom is -0.508 e. The summed E-state index contributed by atoms with van der Waals surface area (Å²) in [4.78, 5) is 6.16. The van der Waals surface area contributed by atoms with E-state index >= 15 is 0 Å². The summed E-state index contributed by atoms with van der Waals surface area (Å²) in [6.45, 7) is 7.02. The Balaban J connectivity index is 1.47. The third-order valence-corrected chi connectivity index (χ3v) is 8.92. The highest BCUT2D eigenvalue weighted by atomic mass is 32.9. The number of benzene rings is 2. The van der Waals surface area contributed by atoms with Gasteiger partial charge >= 0.3 is 0 Å². The van der Waals surface area contributed by atoms with Crippen molar-refractivity contribution in [2.75, 3.05) is 31.1 Å². The van der Waals surface area contributed by atoms with Crippen LogP contribution in [0.1, 0.15) is 30.9 Å². The van der Waals surface area contributed by atoms with Crippen molar-refractivity contribution in [3.8, 4) is 16.2 Å². The quantitative estimate of drug-likeness (QED) is 0.321. The molecule has 4 rings (SSSR count). The average Bonchev–Trinajstić information content (AvgIpc) is 3.15. The molecule has 0 amide bonds. The maximum absolute atomic E-state index is 10.5. The number of hydrogen-bond acceptors (Lipinski definition) is 6. The molecular weight excluding hydrogens is 428 g/mol. The maximum atomic E-state index is 10.5. The van der Waals surface area contributed by atoms with E-state index in [0.29, 0.717) is 5.75 Å². The van der Waals surface area contributed by atoms with Crippen LogP contribution in [0.25, 0.3) is 10.4 Å². The summed E-state index contributed by atoms with van der Waals surface area (Å²) in [7, 11) is 3.47. The van der Waals surface area contributed by atoms with Crippen LogP contribution in [-0.2, 0) is 13.0 Å². The number of rotatable bonds is 7. The second-order valence-corrected chi connectivity index (χ2v) is 10.6. The van der Waals surface area contributed by atoms with E-state index < -0.39 is 0 Å². The van der Waals surface area contributed by atoms with E-state index in [4.69, 9.17) is 12.2 Å². The van der Waals surface area contributed by atoms with Crippen LogP contribution in [0.4, 0.5) is 5.69 Å². The van der Waals surface area contributed by atoms with E-state index in [1.54, 1.807) is 20.7 Å². The summed E-state index contributed by atoms with van der Waals surface area (Å²) in [5.74, 6) is 0.387. The van der Waals surface area contributed by atoms with Crippen molar-refractivity contribution in [3.05, 3.63) is 63.5 Å². The van der Waals surface area contributed by atoms with Crippen LogP contribution in [-0.4, -0.2) is 36.2 Å². The van der Waals surface area contributed by atoms with Gasteiger partial charge in [-0.15, -0.1) is 0 Å². The fourth-order valence-corrected chi connectivity index (χ4v) is 6.96. The highest BCUT2D eigenvalue weighted by molar-refractivity contribution is 7.80. The summed E-state index contributed by atoms with van der Waals surface area (Å²) >= 11 is 5.59. The van der Waals surface area contributed by atoms with Gasteiger partial charge in [-0.3, -0.25) is 4.90 Å². The van der Waals surface area contributed by atoms with E-state index in [9.17, 15) is 5.11 Å². The lowest BCUT2D eigenvalue weighted by Gasteiger charge is -2.36. The molecule has 0 spiro atoms. The maximum Gasteiger partial charge on any atom is 0.120 e. The van der Waals surface area contributed by atoms with Gasteiger partial charge in [0, 0.05) is 44.0 Å². The molecule has 0 saturated carbocycles. The molecule has 1 fully saturated rings. The highest BCUT2D eigenvalue weighted by Gasteiger charge is 2.19. The number of anilines is 1. The van der Waals surface area contributed by atoms with Gasteiger partial charge in [-0.05, 0) is 54.3 Å². The van der Waals surface area contributed by atoms with Crippen LogP contribution < -0.4 is 4.90 Å². The van der Waals surface area contributed by atoms with Gasteiger partial charge < -0.3 is 10.0 Å². The zero-order valence-corrected chi connectivity index (χ0v) is 19.8. The molecule has 1 aliphatic heterocycles. The molecule has 1 aliphatic rings. The molecule has 0 radical (unpaired) electrons. The summed E-state index contributed by atoms with van der Waals surface area (Å²) in [6, 6.07) is 16.7. The normalized spacial score (nSPS) is 14.9. The van der Waals surface area contributed by atoms with Crippen LogP contribution in [0.5, 0.6) is 5.75 Å². The predicted molar refractivity (Wildman–Crippen MR) is 133 cm³/mol. The Labute approximate surface area is 191 Å². The molecule has 1 N–H and O–H groups in total. The first kappa shape index (κ1) is 21.5. The SMILES string of the molecule is CCCCc1c(-c2ccc(O)c(CN3CCN(c4ccccc4)CC3)c2)ssc1=S. The third-order valence-electron chi connectivity index (χ3n) is 5.73. The van der Waals surface area contributed by atoms with Crippen LogP contribution in [0.3, 0.4) is 0 Å². The molecule has 0 unspecified atom stereocenters. The molecule has 2 heterocycles. The van der Waals surface area contributed by atoms with Gasteiger partial charge in [0.05, 0.1) is 4.88 Å². The minimum atomic E-state index is 0.387. The fourth-order valence-electron chi connectivity index (χ4n) is 3.96. The Morgan fingerprint density at radius 2 is 1.77 bits per heavy atom. The topological polar surface area (TPSA) is 26.7 Å². The fraction of sp³-hybridized carbons (Fsp3) is 0.375. The van der Waals surface area contributed by atoms with Gasteiger partial charge in [-0.1, -0.05) is 64.4 Å². The minimum absolute atomic E-state index is 0.387. The van der Waals surface area contributed by atoms with Crippen LogP contribution in [0.2, 0.25) is 0 Å². The van der Waals surface area contributed by atoms with Crippen molar-refractivity contribution < 1.29 is 5.11 Å². The number of aromatic hydroxyl groups is 1. The third kappa shape index (κ3) is 4.94. The van der Waals surface area contributed by atoms with Crippen molar-refractivity contribution in [1.29, 1.82) is 0 Å². The molecule has 30 heavy (non-hydrogen) atoms. The molecule has 2 aromatic carbocycles. The Kier molecular flexibility index (Phi) is 7.20. The second-order valence-electron chi connectivity index (χ2n) is 7.81. The molecule has 1 aromatic heterocycles. The Bertz CT molecular complexity index is 1020. The lowest BCUT2D eigenvalue weighted by atomic mass is 10.0. The molecule has 3 nitrogen and oxygen atoms in total. The van der Waals surface area contributed by atoms with E-state index in [-0.39, 0.29) is 0 Å². The number of hydrogen-bond donors (Lipinski definition) is 1. The highest BCUT2D eigenvalue weighted by Crippen LogP contribution is 2.37. The number of unbranched alkanes of at least 4 members (excludes halogenated alkanes) is 1. The smallest absolute Gasteiger partial charge is 0.120 e. The van der Waals surface area contributed by atoms with E-state index in [0.717, 1.165) is 55.0 Å². The first-order valence-electron chi connectivity index (χ1n) is 10.6. The van der Waals surface area contributed by atoms with Gasteiger partial charge in [-0.2, -0.15) is 0 Å². The molecule has 0 bridgehead atoms. The molecule has 3 aromatic rings. The lowest BCUT2D eigenvalue weighted by Crippen LogP contribution is -2.45. The molecule has 0 aliphatic carbocycles. The second kappa shape index (κ2) is 10.1. The number of phenolic OH excluding ortho intramolecular Hbond substituents is 1. The molecule has 1 saturated heterocycles. The Morgan fingerprint density at radius 3 is 2.50 bits per heavy atom. The Hall–Kier alpha value is -1.73. The standard InChI is InChI=1S/C24H28N2OS3/c1-2-3-9-21-23(29-30-24(21)28)18-10-11-22(27)19(16-18)17-25-12-14-26(15-13-25)20-7-5-4-6-8-20/h4-8,10-11,16,27H,2-3,9,12-15,17H2,1H3. The monoisotopic (exact) mass is 456 g/mol. The number of para-hydroxylation sites is 1. The van der Waals surface area contributed by atoms with Gasteiger partial charge in [0.2, 0.25) is 0 Å². The van der Waals surface area contributed by atoms with Crippen LogP contribution in [0.15, 0.2) is 48.5 Å². The van der Waals surface area contributed by atoms with Gasteiger partial charge in [0.25, 0.3) is 0 Å². The Morgan fingerprint density at radius 1 is 1.00 bits per heavy atom. The van der Waals surface area contributed by atoms with E-state index in [1.165, 1.54) is 28.1 Å². The zero-order chi connectivity index (χ0) is 20.9. The van der Waals surface area contributed by atoms with Crippen molar-refractivity contribution in [3.63, 3.8) is 0 Å². The first-order valence-corrected chi connectivity index (χ1v) is 13.2. The number of piperazine rings is 1. The van der Waals surface area contributed by atoms with Crippen molar-refractivity contribution >= 4 is 38.6 Å². The molecule has 6 heteroatoms. The van der Waals surface area contributed by atoms with Gasteiger partial charge in [0.1, 0.15) is 9.57 Å². The zero-order valence-electron chi connectivity index (χ0n) is 17.3. The van der Waals surface area contributed by atoms with Crippen molar-refractivity contribution in [2.45, 2.75) is 32.7 Å². The number of nitrogens with zero attached hydrogens (tertiary/aromatic N) is 2.